The Hall–Kier alpha value is -2.31. The van der Waals surface area contributed by atoms with Gasteiger partial charge in [-0.3, -0.25) is 14.9 Å². The van der Waals surface area contributed by atoms with Crippen molar-refractivity contribution in [2.45, 2.75) is 6.92 Å². The third-order valence-electron chi connectivity index (χ3n) is 3.00. The number of anilines is 2. The van der Waals surface area contributed by atoms with Gasteiger partial charge in [0.15, 0.2) is 0 Å². The van der Waals surface area contributed by atoms with Crippen LogP contribution in [0.4, 0.5) is 17.1 Å². The van der Waals surface area contributed by atoms with Gasteiger partial charge in [0.2, 0.25) is 0 Å². The summed E-state index contributed by atoms with van der Waals surface area (Å²) in [5.41, 5.74) is 0.824. The maximum atomic E-state index is 12.2. The second-order valence-corrected chi connectivity index (χ2v) is 5.42. The van der Waals surface area contributed by atoms with E-state index in [1.54, 1.807) is 12.1 Å². The number of nitrogens with zero attached hydrogens (tertiary/aromatic N) is 1. The molecule has 23 heavy (non-hydrogen) atoms. The van der Waals surface area contributed by atoms with Crippen LogP contribution >= 0.6 is 23.2 Å². The van der Waals surface area contributed by atoms with E-state index in [1.807, 2.05) is 6.92 Å². The lowest BCUT2D eigenvalue weighted by molar-refractivity contribution is -0.384. The first-order valence-electron chi connectivity index (χ1n) is 6.71. The molecule has 8 heteroatoms. The zero-order valence-corrected chi connectivity index (χ0v) is 13.6. The van der Waals surface area contributed by atoms with Gasteiger partial charge in [-0.25, -0.2) is 0 Å². The van der Waals surface area contributed by atoms with Crippen LogP contribution in [0, 0.1) is 10.1 Å². The first-order valence-corrected chi connectivity index (χ1v) is 7.46. The van der Waals surface area contributed by atoms with E-state index >= 15 is 0 Å². The molecule has 2 rings (SSSR count). The van der Waals surface area contributed by atoms with E-state index in [0.717, 1.165) is 0 Å². The van der Waals surface area contributed by atoms with Crippen LogP contribution in [0.1, 0.15) is 17.3 Å². The van der Waals surface area contributed by atoms with E-state index in [1.165, 1.54) is 24.3 Å². The number of carbonyl (C=O) groups is 1. The van der Waals surface area contributed by atoms with Crippen molar-refractivity contribution in [3.8, 4) is 0 Å². The van der Waals surface area contributed by atoms with E-state index in [4.69, 9.17) is 23.2 Å². The van der Waals surface area contributed by atoms with Crippen LogP contribution in [0.5, 0.6) is 0 Å². The molecule has 0 heterocycles. The number of benzene rings is 2. The Balaban J connectivity index is 2.26. The second-order valence-electron chi connectivity index (χ2n) is 4.60. The summed E-state index contributed by atoms with van der Waals surface area (Å²) >= 11 is 11.7. The summed E-state index contributed by atoms with van der Waals surface area (Å²) in [5.74, 6) is -0.477. The Morgan fingerprint density at radius 3 is 2.52 bits per heavy atom. The summed E-state index contributed by atoms with van der Waals surface area (Å²) in [4.78, 5) is 22.8. The maximum Gasteiger partial charge on any atom is 0.293 e. The number of nitro benzene ring substituents is 1. The summed E-state index contributed by atoms with van der Waals surface area (Å²) in [5, 5.41) is 17.3. The highest BCUT2D eigenvalue weighted by atomic mass is 35.5. The number of nitrogens with one attached hydrogen (secondary N) is 2. The van der Waals surface area contributed by atoms with E-state index < -0.39 is 10.8 Å². The van der Waals surface area contributed by atoms with E-state index in [9.17, 15) is 14.9 Å². The van der Waals surface area contributed by atoms with Crippen molar-refractivity contribution >= 4 is 46.2 Å². The zero-order chi connectivity index (χ0) is 17.0. The minimum Gasteiger partial charge on any atom is -0.380 e. The number of amides is 1. The number of rotatable bonds is 5. The zero-order valence-electron chi connectivity index (χ0n) is 12.1. The average molecular weight is 354 g/mol. The maximum absolute atomic E-state index is 12.2. The van der Waals surface area contributed by atoms with Crippen molar-refractivity contribution in [2.75, 3.05) is 17.2 Å². The summed E-state index contributed by atoms with van der Waals surface area (Å²) in [7, 11) is 0. The van der Waals surface area contributed by atoms with Gasteiger partial charge < -0.3 is 10.6 Å². The lowest BCUT2D eigenvalue weighted by atomic mass is 10.1. The fourth-order valence-corrected chi connectivity index (χ4v) is 2.24. The largest absolute Gasteiger partial charge is 0.380 e. The van der Waals surface area contributed by atoms with Gasteiger partial charge in [-0.05, 0) is 37.3 Å². The summed E-state index contributed by atoms with van der Waals surface area (Å²) in [6.45, 7) is 2.37. The molecule has 1 amide bonds. The molecule has 0 aliphatic carbocycles. The molecule has 0 aliphatic rings. The van der Waals surface area contributed by atoms with Gasteiger partial charge in [0.05, 0.1) is 15.0 Å². The van der Waals surface area contributed by atoms with Gasteiger partial charge in [-0.2, -0.15) is 0 Å². The van der Waals surface area contributed by atoms with E-state index in [-0.39, 0.29) is 11.3 Å². The van der Waals surface area contributed by atoms with Crippen molar-refractivity contribution < 1.29 is 9.72 Å². The fraction of sp³-hybridized carbons (Fsp3) is 0.133. The number of halogens is 2. The van der Waals surface area contributed by atoms with Gasteiger partial charge in [0, 0.05) is 23.9 Å². The van der Waals surface area contributed by atoms with Gasteiger partial charge in [-0.1, -0.05) is 23.2 Å². The summed E-state index contributed by atoms with van der Waals surface area (Å²) < 4.78 is 0. The Bertz CT molecular complexity index is 766. The smallest absolute Gasteiger partial charge is 0.293 e. The molecule has 6 nitrogen and oxygen atoms in total. The van der Waals surface area contributed by atoms with Crippen molar-refractivity contribution in [1.82, 2.24) is 0 Å². The Morgan fingerprint density at radius 2 is 1.91 bits per heavy atom. The molecule has 0 aromatic heterocycles. The van der Waals surface area contributed by atoms with Crippen molar-refractivity contribution in [3.05, 3.63) is 62.1 Å². The fourth-order valence-electron chi connectivity index (χ4n) is 1.94. The second kappa shape index (κ2) is 7.30. The molecule has 2 N–H and O–H groups in total. The van der Waals surface area contributed by atoms with Crippen LogP contribution in [-0.2, 0) is 0 Å². The topological polar surface area (TPSA) is 84.3 Å². The highest BCUT2D eigenvalue weighted by Crippen LogP contribution is 2.27. The first-order chi connectivity index (χ1) is 10.9. The Labute approximate surface area is 142 Å². The third-order valence-corrected chi connectivity index (χ3v) is 3.74. The highest BCUT2D eigenvalue weighted by Gasteiger charge is 2.17. The molecule has 2 aromatic carbocycles. The third kappa shape index (κ3) is 4.12. The lowest BCUT2D eigenvalue weighted by Gasteiger charge is -2.08. The van der Waals surface area contributed by atoms with Gasteiger partial charge >= 0.3 is 0 Å². The van der Waals surface area contributed by atoms with Crippen LogP contribution in [0.15, 0.2) is 36.4 Å². The standard InChI is InChI=1S/C15H13Cl2N3O3/c1-2-18-13-6-3-9(7-14(13)20(22)23)15(21)19-10-4-5-11(16)12(17)8-10/h3-8,18H,2H2,1H3,(H,19,21). The van der Waals surface area contributed by atoms with Crippen molar-refractivity contribution in [1.29, 1.82) is 0 Å². The van der Waals surface area contributed by atoms with Crippen molar-refractivity contribution in [3.63, 3.8) is 0 Å². The Morgan fingerprint density at radius 1 is 1.17 bits per heavy atom. The first kappa shape index (κ1) is 17.1. The quantitative estimate of drug-likeness (QED) is 0.608. The molecule has 0 saturated carbocycles. The summed E-state index contributed by atoms with van der Waals surface area (Å²) in [6.07, 6.45) is 0. The molecular weight excluding hydrogens is 341 g/mol. The molecule has 2 aromatic rings. The van der Waals surface area contributed by atoms with Crippen LogP contribution in [0.25, 0.3) is 0 Å². The molecule has 0 fully saturated rings. The molecule has 0 spiro atoms. The van der Waals surface area contributed by atoms with Crippen LogP contribution in [-0.4, -0.2) is 17.4 Å². The molecule has 0 saturated heterocycles. The molecule has 120 valence electrons. The minimum absolute atomic E-state index is 0.159. The van der Waals surface area contributed by atoms with Crippen molar-refractivity contribution in [2.24, 2.45) is 0 Å². The van der Waals surface area contributed by atoms with Gasteiger partial charge in [0.25, 0.3) is 11.6 Å². The number of hydrogen-bond donors (Lipinski definition) is 2. The number of nitro groups is 1. The predicted octanol–water partition coefficient (Wildman–Crippen LogP) is 4.59. The molecule has 0 atom stereocenters. The molecule has 0 bridgehead atoms. The molecular formula is C15H13Cl2N3O3. The minimum atomic E-state index is -0.534. The van der Waals surface area contributed by atoms with Crippen LogP contribution in [0.2, 0.25) is 10.0 Å². The predicted molar refractivity (Wildman–Crippen MR) is 91.7 cm³/mol. The highest BCUT2D eigenvalue weighted by molar-refractivity contribution is 6.42. The number of hydrogen-bond acceptors (Lipinski definition) is 4. The molecule has 0 aliphatic heterocycles. The number of carbonyl (C=O) groups excluding carboxylic acids is 1. The van der Waals surface area contributed by atoms with E-state index in [0.29, 0.717) is 28.0 Å². The molecule has 0 radical (unpaired) electrons. The normalized spacial score (nSPS) is 10.2. The van der Waals surface area contributed by atoms with Crippen LogP contribution < -0.4 is 10.6 Å². The SMILES string of the molecule is CCNc1ccc(C(=O)Nc2ccc(Cl)c(Cl)c2)cc1[N+](=O)[O-]. The molecule has 0 unspecified atom stereocenters. The van der Waals surface area contributed by atoms with E-state index in [2.05, 4.69) is 10.6 Å². The van der Waals surface area contributed by atoms with Crippen LogP contribution in [0.3, 0.4) is 0 Å². The average Bonchev–Trinajstić information content (AvgIpc) is 2.51. The van der Waals surface area contributed by atoms with Gasteiger partial charge in [-0.15, -0.1) is 0 Å². The Kier molecular flexibility index (Phi) is 5.41. The van der Waals surface area contributed by atoms with Gasteiger partial charge in [0.1, 0.15) is 5.69 Å². The monoisotopic (exact) mass is 353 g/mol. The lowest BCUT2D eigenvalue weighted by Crippen LogP contribution is -2.12. The summed E-state index contributed by atoms with van der Waals surface area (Å²) in [6, 6.07) is 8.89.